The van der Waals surface area contributed by atoms with Crippen molar-refractivity contribution in [2.24, 2.45) is 0 Å². The largest absolute Gasteiger partial charge is 0.492 e. The van der Waals surface area contributed by atoms with Crippen molar-refractivity contribution in [3.63, 3.8) is 0 Å². The smallest absolute Gasteiger partial charge is 0.410 e. The Hall–Kier alpha value is -2.39. The summed E-state index contributed by atoms with van der Waals surface area (Å²) in [5.74, 6) is 0.888. The lowest BCUT2D eigenvalue weighted by atomic mass is 9.99. The van der Waals surface area contributed by atoms with E-state index in [9.17, 15) is 4.79 Å². The SMILES string of the molecule is CN(CCOc1ncc(Br)cn1)CCOc1cccc2c1CCN(C(=O)OC(C)(C)C)C2. The zero-order chi connectivity index (χ0) is 23.1. The number of likely N-dealkylation sites (N-methyl/N-ethyl adjacent to an activating group) is 1. The number of hydrogen-bond donors (Lipinski definition) is 0. The first-order valence-corrected chi connectivity index (χ1v) is 11.5. The summed E-state index contributed by atoms with van der Waals surface area (Å²) in [6.45, 7) is 9.37. The van der Waals surface area contributed by atoms with Gasteiger partial charge in [-0.3, -0.25) is 4.90 Å². The van der Waals surface area contributed by atoms with Gasteiger partial charge in [0.25, 0.3) is 0 Å². The molecule has 2 heterocycles. The third-order valence-corrected chi connectivity index (χ3v) is 5.32. The number of nitrogens with zero attached hydrogens (tertiary/aromatic N) is 4. The maximum atomic E-state index is 12.4. The predicted molar refractivity (Wildman–Crippen MR) is 125 cm³/mol. The van der Waals surface area contributed by atoms with Crippen molar-refractivity contribution >= 4 is 22.0 Å². The Bertz CT molecular complexity index is 902. The van der Waals surface area contributed by atoms with Crippen LogP contribution in [0.1, 0.15) is 31.9 Å². The molecule has 0 bridgehead atoms. The van der Waals surface area contributed by atoms with Crippen LogP contribution in [0.3, 0.4) is 0 Å². The van der Waals surface area contributed by atoms with Gasteiger partial charge in [-0.1, -0.05) is 12.1 Å². The number of rotatable bonds is 8. The second-order valence-corrected chi connectivity index (χ2v) is 9.65. The van der Waals surface area contributed by atoms with Gasteiger partial charge in [0, 0.05) is 44.1 Å². The molecular formula is C23H31BrN4O4. The first-order chi connectivity index (χ1) is 15.2. The summed E-state index contributed by atoms with van der Waals surface area (Å²) in [6.07, 6.45) is 3.80. The highest BCUT2D eigenvalue weighted by molar-refractivity contribution is 9.10. The summed E-state index contributed by atoms with van der Waals surface area (Å²) < 4.78 is 18.0. The van der Waals surface area contributed by atoms with Gasteiger partial charge < -0.3 is 19.1 Å². The molecule has 0 fully saturated rings. The van der Waals surface area contributed by atoms with Crippen LogP contribution < -0.4 is 9.47 Å². The standard InChI is InChI=1S/C23H31BrN4O4/c1-23(2,3)32-22(29)28-9-8-19-17(16-28)6-5-7-20(19)30-12-10-27(4)11-13-31-21-25-14-18(24)15-26-21/h5-7,14-15H,8-13,16H2,1-4H3. The van der Waals surface area contributed by atoms with E-state index in [1.54, 1.807) is 17.3 Å². The zero-order valence-electron chi connectivity index (χ0n) is 19.1. The predicted octanol–water partition coefficient (Wildman–Crippen LogP) is 3.92. The van der Waals surface area contributed by atoms with E-state index in [1.165, 1.54) is 5.56 Å². The maximum Gasteiger partial charge on any atom is 0.410 e. The average molecular weight is 507 g/mol. The highest BCUT2D eigenvalue weighted by Crippen LogP contribution is 2.28. The average Bonchev–Trinajstić information content (AvgIpc) is 2.74. The van der Waals surface area contributed by atoms with E-state index in [0.717, 1.165) is 35.3 Å². The molecule has 1 aliphatic rings. The van der Waals surface area contributed by atoms with E-state index in [-0.39, 0.29) is 6.09 Å². The fourth-order valence-corrected chi connectivity index (χ4v) is 3.49. The van der Waals surface area contributed by atoms with Crippen molar-refractivity contribution in [1.29, 1.82) is 0 Å². The van der Waals surface area contributed by atoms with Crippen LogP contribution in [0, 0.1) is 0 Å². The van der Waals surface area contributed by atoms with Crippen molar-refractivity contribution < 1.29 is 19.0 Å². The summed E-state index contributed by atoms with van der Waals surface area (Å²) in [5.41, 5.74) is 1.78. The normalized spacial score (nSPS) is 13.6. The third-order valence-electron chi connectivity index (χ3n) is 4.91. The van der Waals surface area contributed by atoms with Gasteiger partial charge in [0.1, 0.15) is 24.6 Å². The van der Waals surface area contributed by atoms with Crippen molar-refractivity contribution in [2.75, 3.05) is 39.9 Å². The van der Waals surface area contributed by atoms with E-state index < -0.39 is 5.60 Å². The van der Waals surface area contributed by atoms with E-state index >= 15 is 0 Å². The third kappa shape index (κ3) is 7.34. The summed E-state index contributed by atoms with van der Waals surface area (Å²) in [5, 5.41) is 0. The molecule has 1 aromatic carbocycles. The molecule has 0 radical (unpaired) electrons. The number of aromatic nitrogens is 2. The molecule has 0 aliphatic carbocycles. The molecule has 0 unspecified atom stereocenters. The van der Waals surface area contributed by atoms with E-state index in [1.807, 2.05) is 46.0 Å². The van der Waals surface area contributed by atoms with Crippen LogP contribution in [0.4, 0.5) is 4.79 Å². The minimum absolute atomic E-state index is 0.271. The molecule has 174 valence electrons. The van der Waals surface area contributed by atoms with Gasteiger partial charge in [0.2, 0.25) is 0 Å². The highest BCUT2D eigenvalue weighted by atomic mass is 79.9. The second kappa shape index (κ2) is 11.0. The van der Waals surface area contributed by atoms with Crippen LogP contribution in [0.5, 0.6) is 11.8 Å². The van der Waals surface area contributed by atoms with Gasteiger partial charge in [-0.05, 0) is 61.8 Å². The van der Waals surface area contributed by atoms with Gasteiger partial charge in [0.05, 0.1) is 4.47 Å². The van der Waals surface area contributed by atoms with Gasteiger partial charge in [-0.25, -0.2) is 14.8 Å². The summed E-state index contributed by atoms with van der Waals surface area (Å²) >= 11 is 3.30. The van der Waals surface area contributed by atoms with E-state index in [0.29, 0.717) is 32.3 Å². The molecule has 0 spiro atoms. The van der Waals surface area contributed by atoms with Gasteiger partial charge in [-0.15, -0.1) is 0 Å². The van der Waals surface area contributed by atoms with Crippen LogP contribution in [0.2, 0.25) is 0 Å². The van der Waals surface area contributed by atoms with Crippen LogP contribution in [0.15, 0.2) is 35.1 Å². The molecule has 0 saturated carbocycles. The minimum atomic E-state index is -0.495. The first kappa shape index (κ1) is 24.3. The molecule has 3 rings (SSSR count). The molecule has 32 heavy (non-hydrogen) atoms. The molecule has 9 heteroatoms. The Morgan fingerprint density at radius 3 is 2.53 bits per heavy atom. The zero-order valence-corrected chi connectivity index (χ0v) is 20.7. The van der Waals surface area contributed by atoms with Gasteiger partial charge >= 0.3 is 12.1 Å². The number of carbonyl (C=O) groups is 1. The lowest BCUT2D eigenvalue weighted by molar-refractivity contribution is 0.0223. The van der Waals surface area contributed by atoms with E-state index in [4.69, 9.17) is 14.2 Å². The lowest BCUT2D eigenvalue weighted by Gasteiger charge is -2.32. The molecule has 1 aliphatic heterocycles. The summed E-state index contributed by atoms with van der Waals surface area (Å²) in [7, 11) is 2.02. The van der Waals surface area contributed by atoms with Crippen molar-refractivity contribution in [2.45, 2.75) is 39.3 Å². The van der Waals surface area contributed by atoms with Crippen molar-refractivity contribution in [3.05, 3.63) is 46.2 Å². The minimum Gasteiger partial charge on any atom is -0.492 e. The quantitative estimate of drug-likeness (QED) is 0.536. The Kier molecular flexibility index (Phi) is 8.31. The lowest BCUT2D eigenvalue weighted by Crippen LogP contribution is -2.40. The van der Waals surface area contributed by atoms with E-state index in [2.05, 4.69) is 30.8 Å². The molecule has 0 N–H and O–H groups in total. The number of carbonyl (C=O) groups excluding carboxylic acids is 1. The highest BCUT2D eigenvalue weighted by Gasteiger charge is 2.27. The number of halogens is 1. The number of ether oxygens (including phenoxy) is 3. The van der Waals surface area contributed by atoms with Gasteiger partial charge in [0.15, 0.2) is 0 Å². The fraction of sp³-hybridized carbons (Fsp3) is 0.522. The monoisotopic (exact) mass is 506 g/mol. The van der Waals surface area contributed by atoms with Gasteiger partial charge in [-0.2, -0.15) is 0 Å². The topological polar surface area (TPSA) is 77.0 Å². The number of amides is 1. The second-order valence-electron chi connectivity index (χ2n) is 8.73. The maximum absolute atomic E-state index is 12.4. The number of hydrogen-bond acceptors (Lipinski definition) is 7. The summed E-state index contributed by atoms with van der Waals surface area (Å²) in [4.78, 5) is 24.5. The molecule has 1 aromatic heterocycles. The molecule has 8 nitrogen and oxygen atoms in total. The molecular weight excluding hydrogens is 476 g/mol. The van der Waals surface area contributed by atoms with Crippen LogP contribution >= 0.6 is 15.9 Å². The molecule has 0 saturated heterocycles. The summed E-state index contributed by atoms with van der Waals surface area (Å²) in [6, 6.07) is 6.39. The molecule has 0 atom stereocenters. The Labute approximate surface area is 198 Å². The number of benzene rings is 1. The van der Waals surface area contributed by atoms with Crippen LogP contribution in [0.25, 0.3) is 0 Å². The Morgan fingerprint density at radius 1 is 1.16 bits per heavy atom. The first-order valence-electron chi connectivity index (χ1n) is 10.7. The van der Waals surface area contributed by atoms with Crippen LogP contribution in [-0.2, 0) is 17.7 Å². The molecule has 1 amide bonds. The Morgan fingerprint density at radius 2 is 1.84 bits per heavy atom. The van der Waals surface area contributed by atoms with Crippen molar-refractivity contribution in [1.82, 2.24) is 19.8 Å². The van der Waals surface area contributed by atoms with Crippen molar-refractivity contribution in [3.8, 4) is 11.8 Å². The Balaban J connectivity index is 1.44. The van der Waals surface area contributed by atoms with Crippen LogP contribution in [-0.4, -0.2) is 71.4 Å². The molecule has 2 aromatic rings. The number of fused-ring (bicyclic) bond motifs is 1. The fourth-order valence-electron chi connectivity index (χ4n) is 3.28.